The van der Waals surface area contributed by atoms with Crippen LogP contribution < -0.4 is 91.2 Å². The molecule has 0 unspecified atom stereocenters. The molecule has 32 heavy (non-hydrogen) atoms. The molecule has 0 saturated heterocycles. The molecule has 0 aromatic rings. The van der Waals surface area contributed by atoms with Crippen molar-refractivity contribution in [3.63, 3.8) is 0 Å². The first kappa shape index (κ1) is 38.1. The number of hydrogen-bond acceptors (Lipinski definition) is 4. The Balaban J connectivity index is -0.00000420. The zero-order valence-electron chi connectivity index (χ0n) is 22.0. The average Bonchev–Trinajstić information content (AvgIpc) is 2.71. The first-order valence-electron chi connectivity index (χ1n) is 12.9. The van der Waals surface area contributed by atoms with Crippen molar-refractivity contribution in [1.82, 2.24) is 0 Å². The Morgan fingerprint density at radius 1 is 0.500 bits per heavy atom. The Bertz CT molecular complexity index is 418. The van der Waals surface area contributed by atoms with E-state index in [1.54, 1.807) is 0 Å². The van der Waals surface area contributed by atoms with Crippen LogP contribution in [-0.4, -0.2) is 11.9 Å². The minimum atomic E-state index is -1.80. The Morgan fingerprint density at radius 2 is 0.719 bits per heavy atom. The molecule has 0 aromatic carbocycles. The van der Waals surface area contributed by atoms with Crippen LogP contribution in [0.5, 0.6) is 0 Å². The van der Waals surface area contributed by atoms with Crippen molar-refractivity contribution in [2.45, 2.75) is 149 Å². The molecule has 0 aliphatic carbocycles. The van der Waals surface area contributed by atoms with E-state index in [9.17, 15) is 19.8 Å². The van der Waals surface area contributed by atoms with Gasteiger partial charge in [-0.25, -0.2) is 0 Å². The van der Waals surface area contributed by atoms with Crippen LogP contribution in [0.2, 0.25) is 0 Å². The summed E-state index contributed by atoms with van der Waals surface area (Å²) in [7, 11) is 0. The van der Waals surface area contributed by atoms with Crippen molar-refractivity contribution in [2.24, 2.45) is 5.41 Å². The number of hydrogen-bond donors (Lipinski definition) is 0. The molecule has 0 bridgehead atoms. The van der Waals surface area contributed by atoms with Gasteiger partial charge in [0.05, 0.1) is 11.9 Å². The summed E-state index contributed by atoms with van der Waals surface area (Å²) in [5.41, 5.74) is -1.80. The van der Waals surface area contributed by atoms with Crippen LogP contribution in [-0.2, 0) is 9.59 Å². The van der Waals surface area contributed by atoms with E-state index < -0.39 is 17.4 Å². The van der Waals surface area contributed by atoms with Gasteiger partial charge in [-0.3, -0.25) is 0 Å². The molecule has 0 aliphatic rings. The van der Waals surface area contributed by atoms with E-state index in [0.29, 0.717) is 12.8 Å². The standard InChI is InChI=1S/C26H50O4.K.Na/c1-3-5-7-9-11-13-15-17-19-21-23-26(24(27)28,25(29)30)22-20-18-16-14-12-10-8-6-4-2;;/h3-23H2,1-2H3,(H,27,28)(H,29,30);;/q;2*+1/p-2. The van der Waals surface area contributed by atoms with E-state index in [1.807, 2.05) is 0 Å². The molecule has 0 aliphatic heterocycles. The van der Waals surface area contributed by atoms with Gasteiger partial charge in [-0.2, -0.15) is 0 Å². The van der Waals surface area contributed by atoms with Crippen LogP contribution in [0, 0.1) is 5.41 Å². The second-order valence-electron chi connectivity index (χ2n) is 9.17. The maximum atomic E-state index is 11.7. The molecule has 0 N–H and O–H groups in total. The van der Waals surface area contributed by atoms with Gasteiger partial charge in [0.15, 0.2) is 0 Å². The van der Waals surface area contributed by atoms with E-state index in [4.69, 9.17) is 0 Å². The number of rotatable bonds is 23. The zero-order valence-corrected chi connectivity index (χ0v) is 27.1. The van der Waals surface area contributed by atoms with Gasteiger partial charge in [0.25, 0.3) is 0 Å². The van der Waals surface area contributed by atoms with Crippen molar-refractivity contribution in [1.29, 1.82) is 0 Å². The van der Waals surface area contributed by atoms with Gasteiger partial charge >= 0.3 is 80.9 Å². The second kappa shape index (κ2) is 27.2. The van der Waals surface area contributed by atoms with Crippen LogP contribution in [0.3, 0.4) is 0 Å². The van der Waals surface area contributed by atoms with Gasteiger partial charge in [0, 0.05) is 5.41 Å². The predicted octanol–water partition coefficient (Wildman–Crippen LogP) is -0.287. The number of carbonyl (C=O) groups excluding carboxylic acids is 2. The Morgan fingerprint density at radius 3 is 0.938 bits per heavy atom. The molecular formula is C26H48KNaO4. The zero-order chi connectivity index (χ0) is 22.5. The third-order valence-electron chi connectivity index (χ3n) is 6.45. The Kier molecular flexibility index (Phi) is 32.4. The molecule has 0 atom stereocenters. The average molecular weight is 487 g/mol. The smallest absolute Gasteiger partial charge is 0.549 e. The molecule has 6 heteroatoms. The third-order valence-corrected chi connectivity index (χ3v) is 6.45. The summed E-state index contributed by atoms with van der Waals surface area (Å²) >= 11 is 0. The molecule has 0 amide bonds. The van der Waals surface area contributed by atoms with Crippen molar-refractivity contribution in [3.8, 4) is 0 Å². The first-order valence-corrected chi connectivity index (χ1v) is 12.9. The van der Waals surface area contributed by atoms with Crippen LogP contribution >= 0.6 is 0 Å². The Labute approximate surface area is 263 Å². The fourth-order valence-electron chi connectivity index (χ4n) is 4.27. The third kappa shape index (κ3) is 19.8. The minimum absolute atomic E-state index is 0. The van der Waals surface area contributed by atoms with Gasteiger partial charge in [-0.1, -0.05) is 136 Å². The summed E-state index contributed by atoms with van der Waals surface area (Å²) in [4.78, 5) is 23.4. The normalized spacial score (nSPS) is 10.9. The first-order chi connectivity index (χ1) is 14.5. The number of unbranched alkanes of at least 4 members (excludes halogenated alkanes) is 17. The second-order valence-corrected chi connectivity index (χ2v) is 9.17. The van der Waals surface area contributed by atoms with Gasteiger partial charge < -0.3 is 19.8 Å². The number of carbonyl (C=O) groups is 2. The molecule has 0 heterocycles. The summed E-state index contributed by atoms with van der Waals surface area (Å²) in [5, 5.41) is 23.4. The van der Waals surface area contributed by atoms with E-state index >= 15 is 0 Å². The molecule has 4 nitrogen and oxygen atoms in total. The molecule has 0 radical (unpaired) electrons. The van der Waals surface area contributed by atoms with Gasteiger partial charge in [0.1, 0.15) is 0 Å². The van der Waals surface area contributed by atoms with Crippen LogP contribution in [0.4, 0.5) is 0 Å². The largest absolute Gasteiger partial charge is 1.00 e. The maximum absolute atomic E-state index is 11.7. The van der Waals surface area contributed by atoms with Crippen LogP contribution in [0.25, 0.3) is 0 Å². The maximum Gasteiger partial charge on any atom is 1.00 e. The van der Waals surface area contributed by atoms with Crippen molar-refractivity contribution in [2.75, 3.05) is 0 Å². The van der Waals surface area contributed by atoms with E-state index in [2.05, 4.69) is 13.8 Å². The van der Waals surface area contributed by atoms with Crippen LogP contribution in [0.1, 0.15) is 149 Å². The van der Waals surface area contributed by atoms with Gasteiger partial charge in [-0.05, 0) is 12.8 Å². The van der Waals surface area contributed by atoms with E-state index in [-0.39, 0.29) is 93.8 Å². The summed E-state index contributed by atoms with van der Waals surface area (Å²) < 4.78 is 0. The summed E-state index contributed by atoms with van der Waals surface area (Å²) in [6.07, 6.45) is 21.6. The van der Waals surface area contributed by atoms with E-state index in [1.165, 1.54) is 70.6 Å². The van der Waals surface area contributed by atoms with Crippen molar-refractivity contribution in [3.05, 3.63) is 0 Å². The minimum Gasteiger partial charge on any atom is -0.549 e. The quantitative estimate of drug-likeness (QED) is 0.113. The molecule has 0 aromatic heterocycles. The molecular weight excluding hydrogens is 438 g/mol. The monoisotopic (exact) mass is 486 g/mol. The molecule has 0 fully saturated rings. The summed E-state index contributed by atoms with van der Waals surface area (Å²) in [5.74, 6) is -2.92. The molecule has 0 spiro atoms. The van der Waals surface area contributed by atoms with Gasteiger partial charge in [-0.15, -0.1) is 0 Å². The van der Waals surface area contributed by atoms with Crippen LogP contribution in [0.15, 0.2) is 0 Å². The van der Waals surface area contributed by atoms with Crippen molar-refractivity contribution >= 4 is 11.9 Å². The summed E-state index contributed by atoms with van der Waals surface area (Å²) in [6, 6.07) is 0. The number of carboxylic acids is 2. The fraction of sp³-hybridized carbons (Fsp3) is 0.923. The molecule has 178 valence electrons. The predicted molar refractivity (Wildman–Crippen MR) is 121 cm³/mol. The van der Waals surface area contributed by atoms with Gasteiger partial charge in [0.2, 0.25) is 0 Å². The SMILES string of the molecule is CCCCCCCCCCCCC(CCCCCCCCCCC)(C(=O)[O-])C(=O)[O-].[K+].[Na+]. The topological polar surface area (TPSA) is 80.3 Å². The number of aliphatic carboxylic acids is 2. The Hall–Kier alpha value is 1.58. The van der Waals surface area contributed by atoms with E-state index in [0.717, 1.165) is 38.5 Å². The fourth-order valence-corrected chi connectivity index (χ4v) is 4.27. The summed E-state index contributed by atoms with van der Waals surface area (Å²) in [6.45, 7) is 4.42. The number of carboxylic acid groups (broad SMARTS) is 2. The molecule has 0 rings (SSSR count). The molecule has 0 saturated carbocycles. The van der Waals surface area contributed by atoms with Crippen molar-refractivity contribution < 1.29 is 101 Å².